The average Bonchev–Trinajstić information content (AvgIpc) is 2.09. The molecule has 16 heavy (non-hydrogen) atoms. The minimum atomic E-state index is -1.77. The van der Waals surface area contributed by atoms with E-state index in [1.54, 1.807) is 7.11 Å². The summed E-state index contributed by atoms with van der Waals surface area (Å²) < 4.78 is 11.1. The molecule has 0 aromatic rings. The van der Waals surface area contributed by atoms with Crippen molar-refractivity contribution in [2.75, 3.05) is 13.7 Å². The summed E-state index contributed by atoms with van der Waals surface area (Å²) in [5.41, 5.74) is 5.13. The number of methoxy groups -OCH3 is 1. The van der Waals surface area contributed by atoms with Gasteiger partial charge in [-0.15, -0.1) is 0 Å². The van der Waals surface area contributed by atoms with Crippen molar-refractivity contribution in [1.29, 1.82) is 0 Å². The van der Waals surface area contributed by atoms with Gasteiger partial charge >= 0.3 is 0 Å². The zero-order chi connectivity index (χ0) is 13.0. The molecule has 0 rings (SSSR count). The molecule has 0 aliphatic carbocycles. The molecule has 0 spiro atoms. The third-order valence-corrected chi connectivity index (χ3v) is 7.70. The van der Waals surface area contributed by atoms with Gasteiger partial charge < -0.3 is 14.9 Å². The highest BCUT2D eigenvalue weighted by Gasteiger charge is 2.37. The molecule has 1 amide bonds. The number of primary amides is 1. The summed E-state index contributed by atoms with van der Waals surface area (Å²) in [6, 6.07) is 0. The first kappa shape index (κ1) is 15.6. The lowest BCUT2D eigenvalue weighted by Crippen LogP contribution is -2.43. The first-order chi connectivity index (χ1) is 7.10. The maximum atomic E-state index is 10.8. The fraction of sp³-hybridized carbons (Fsp3) is 0.909. The summed E-state index contributed by atoms with van der Waals surface area (Å²) in [5.74, 6) is -0.356. The van der Waals surface area contributed by atoms with Crippen LogP contribution in [-0.2, 0) is 14.0 Å². The third kappa shape index (κ3) is 5.09. The maximum Gasteiger partial charge on any atom is 0.220 e. The molecular formula is C11H25NO3Si. The van der Waals surface area contributed by atoms with E-state index in [0.29, 0.717) is 6.61 Å². The lowest BCUT2D eigenvalue weighted by atomic mass is 10.2. The second kappa shape index (κ2) is 5.79. The molecule has 96 valence electrons. The van der Waals surface area contributed by atoms with Crippen molar-refractivity contribution in [3.63, 3.8) is 0 Å². The molecule has 0 aliphatic rings. The molecule has 0 radical (unpaired) electrons. The second-order valence-electron chi connectivity index (χ2n) is 5.60. The predicted octanol–water partition coefficient (Wildman–Crippen LogP) is 1.90. The lowest BCUT2D eigenvalue weighted by Gasteiger charge is -2.37. The number of amides is 1. The van der Waals surface area contributed by atoms with Gasteiger partial charge in [0.15, 0.2) is 8.32 Å². The van der Waals surface area contributed by atoms with Gasteiger partial charge in [-0.1, -0.05) is 20.8 Å². The van der Waals surface area contributed by atoms with Gasteiger partial charge in [0, 0.05) is 7.11 Å². The molecule has 1 atom stereocenters. The fourth-order valence-corrected chi connectivity index (χ4v) is 1.99. The number of carbonyl (C=O) groups excluding carboxylic acids is 1. The Morgan fingerprint density at radius 3 is 2.19 bits per heavy atom. The molecule has 0 saturated carbocycles. The van der Waals surface area contributed by atoms with E-state index in [1.807, 2.05) is 0 Å². The SMILES string of the molecule is CO[C@@H](CO[Si](C)(C)C(C)(C)C)CC(N)=O. The van der Waals surface area contributed by atoms with Crippen LogP contribution in [-0.4, -0.2) is 34.0 Å². The summed E-state index contributed by atoms with van der Waals surface area (Å²) in [7, 11) is -0.195. The van der Waals surface area contributed by atoms with E-state index < -0.39 is 8.32 Å². The Labute approximate surface area is 99.6 Å². The average molecular weight is 247 g/mol. The highest BCUT2D eigenvalue weighted by atomic mass is 28.4. The standard InChI is InChI=1S/C11H25NO3Si/c1-11(2,3)16(5,6)15-8-9(14-4)7-10(12)13/h9H,7-8H2,1-6H3,(H2,12,13)/t9-/m1/s1. The minimum Gasteiger partial charge on any atom is -0.414 e. The van der Waals surface area contributed by atoms with Crippen LogP contribution in [0.5, 0.6) is 0 Å². The van der Waals surface area contributed by atoms with Crippen LogP contribution < -0.4 is 5.73 Å². The van der Waals surface area contributed by atoms with Crippen LogP contribution in [0.3, 0.4) is 0 Å². The molecule has 0 unspecified atom stereocenters. The molecule has 0 bridgehead atoms. The first-order valence-corrected chi connectivity index (χ1v) is 8.46. The molecule has 2 N–H and O–H groups in total. The Bertz CT molecular complexity index is 236. The van der Waals surface area contributed by atoms with Crippen molar-refractivity contribution in [1.82, 2.24) is 0 Å². The first-order valence-electron chi connectivity index (χ1n) is 5.55. The van der Waals surface area contributed by atoms with Crippen molar-refractivity contribution < 1.29 is 14.0 Å². The molecule has 0 fully saturated rings. The van der Waals surface area contributed by atoms with E-state index >= 15 is 0 Å². The van der Waals surface area contributed by atoms with Crippen LogP contribution in [0.4, 0.5) is 0 Å². The maximum absolute atomic E-state index is 10.8. The van der Waals surface area contributed by atoms with Crippen LogP contribution in [0.2, 0.25) is 18.1 Å². The van der Waals surface area contributed by atoms with Crippen LogP contribution >= 0.6 is 0 Å². The Hall–Kier alpha value is -0.393. The summed E-state index contributed by atoms with van der Waals surface area (Å²) in [4.78, 5) is 10.8. The number of hydrogen-bond acceptors (Lipinski definition) is 3. The normalized spacial score (nSPS) is 14.9. The highest BCUT2D eigenvalue weighted by Crippen LogP contribution is 2.36. The highest BCUT2D eigenvalue weighted by molar-refractivity contribution is 6.74. The second-order valence-corrected chi connectivity index (χ2v) is 10.4. The summed E-state index contributed by atoms with van der Waals surface area (Å²) in [6.45, 7) is 11.3. The van der Waals surface area contributed by atoms with E-state index in [1.165, 1.54) is 0 Å². The van der Waals surface area contributed by atoms with Crippen molar-refractivity contribution in [2.45, 2.75) is 51.4 Å². The lowest BCUT2D eigenvalue weighted by molar-refractivity contribution is -0.121. The predicted molar refractivity (Wildman–Crippen MR) is 67.8 cm³/mol. The molecule has 4 nitrogen and oxygen atoms in total. The number of hydrogen-bond donors (Lipinski definition) is 1. The van der Waals surface area contributed by atoms with E-state index in [2.05, 4.69) is 33.9 Å². The molecule has 0 aromatic heterocycles. The van der Waals surface area contributed by atoms with Crippen molar-refractivity contribution >= 4 is 14.2 Å². The Balaban J connectivity index is 4.26. The zero-order valence-corrected chi connectivity index (χ0v) is 12.3. The molecule has 0 heterocycles. The smallest absolute Gasteiger partial charge is 0.220 e. The van der Waals surface area contributed by atoms with Gasteiger partial charge in [-0.3, -0.25) is 4.79 Å². The molecular weight excluding hydrogens is 222 g/mol. The Kier molecular flexibility index (Phi) is 5.65. The summed E-state index contributed by atoms with van der Waals surface area (Å²) >= 11 is 0. The van der Waals surface area contributed by atoms with Crippen molar-refractivity contribution in [3.05, 3.63) is 0 Å². The van der Waals surface area contributed by atoms with Gasteiger partial charge in [0.25, 0.3) is 0 Å². The monoisotopic (exact) mass is 247 g/mol. The van der Waals surface area contributed by atoms with E-state index in [0.717, 1.165) is 0 Å². The third-order valence-electron chi connectivity index (χ3n) is 3.20. The van der Waals surface area contributed by atoms with Gasteiger partial charge in [0.05, 0.1) is 19.1 Å². The molecule has 5 heteroatoms. The van der Waals surface area contributed by atoms with Crippen LogP contribution in [0.25, 0.3) is 0 Å². The van der Waals surface area contributed by atoms with Gasteiger partial charge in [-0.05, 0) is 18.1 Å². The van der Waals surface area contributed by atoms with Crippen molar-refractivity contribution in [2.24, 2.45) is 5.73 Å². The Morgan fingerprint density at radius 2 is 1.88 bits per heavy atom. The van der Waals surface area contributed by atoms with Crippen LogP contribution in [0.1, 0.15) is 27.2 Å². The number of nitrogens with two attached hydrogens (primary N) is 1. The largest absolute Gasteiger partial charge is 0.414 e. The number of carbonyl (C=O) groups is 1. The number of ether oxygens (including phenoxy) is 1. The van der Waals surface area contributed by atoms with Crippen LogP contribution in [0.15, 0.2) is 0 Å². The summed E-state index contributed by atoms with van der Waals surface area (Å²) in [5, 5.41) is 0.165. The van der Waals surface area contributed by atoms with Gasteiger partial charge in [0.2, 0.25) is 5.91 Å². The molecule has 0 aromatic carbocycles. The molecule has 0 saturated heterocycles. The van der Waals surface area contributed by atoms with Gasteiger partial charge in [0.1, 0.15) is 0 Å². The number of rotatable bonds is 6. The van der Waals surface area contributed by atoms with E-state index in [-0.39, 0.29) is 23.5 Å². The molecule has 0 aliphatic heterocycles. The summed E-state index contributed by atoms with van der Waals surface area (Å²) in [6.07, 6.45) is -0.0166. The van der Waals surface area contributed by atoms with Crippen molar-refractivity contribution in [3.8, 4) is 0 Å². The topological polar surface area (TPSA) is 61.6 Å². The van der Waals surface area contributed by atoms with Gasteiger partial charge in [-0.2, -0.15) is 0 Å². The Morgan fingerprint density at radius 1 is 1.38 bits per heavy atom. The van der Waals surface area contributed by atoms with E-state index in [4.69, 9.17) is 14.9 Å². The fourth-order valence-electron chi connectivity index (χ4n) is 0.952. The quantitative estimate of drug-likeness (QED) is 0.729. The minimum absolute atomic E-state index is 0.165. The van der Waals surface area contributed by atoms with Gasteiger partial charge in [-0.25, -0.2) is 0 Å². The zero-order valence-electron chi connectivity index (χ0n) is 11.3. The van der Waals surface area contributed by atoms with Crippen LogP contribution in [0, 0.1) is 0 Å². The van der Waals surface area contributed by atoms with E-state index in [9.17, 15) is 4.79 Å².